The maximum absolute atomic E-state index is 13.8. The van der Waals surface area contributed by atoms with Gasteiger partial charge in [-0.25, -0.2) is 13.6 Å². The van der Waals surface area contributed by atoms with Crippen molar-refractivity contribution in [3.63, 3.8) is 0 Å². The van der Waals surface area contributed by atoms with Gasteiger partial charge in [-0.3, -0.25) is 4.68 Å². The third-order valence-corrected chi connectivity index (χ3v) is 4.81. The van der Waals surface area contributed by atoms with E-state index >= 15 is 0 Å². The predicted octanol–water partition coefficient (Wildman–Crippen LogP) is 4.32. The fraction of sp³-hybridized carbons (Fsp3) is 0.476. The van der Waals surface area contributed by atoms with E-state index in [4.69, 9.17) is 9.47 Å². The minimum absolute atomic E-state index is 0.135. The minimum Gasteiger partial charge on any atom is -0.483 e. The number of likely N-dealkylation sites (tertiary alicyclic amines) is 1. The van der Waals surface area contributed by atoms with E-state index in [0.717, 1.165) is 6.07 Å². The summed E-state index contributed by atoms with van der Waals surface area (Å²) in [4.78, 5) is 13.8. The summed E-state index contributed by atoms with van der Waals surface area (Å²) in [5, 5.41) is 13.8. The Labute approximate surface area is 178 Å². The maximum atomic E-state index is 13.8. The van der Waals surface area contributed by atoms with Gasteiger partial charge >= 0.3 is 6.09 Å². The summed E-state index contributed by atoms with van der Waals surface area (Å²) in [6.45, 7) is 5.92. The Morgan fingerprint density at radius 1 is 1.23 bits per heavy atom. The van der Waals surface area contributed by atoms with Crippen LogP contribution in [-0.2, 0) is 11.3 Å². The van der Waals surface area contributed by atoms with Crippen LogP contribution in [0, 0.1) is 28.8 Å². The lowest BCUT2D eigenvalue weighted by Crippen LogP contribution is -2.42. The Morgan fingerprint density at radius 2 is 1.87 bits per heavy atom. The predicted molar refractivity (Wildman–Crippen MR) is 104 cm³/mol. The van der Waals surface area contributed by atoms with Gasteiger partial charge in [-0.05, 0) is 45.7 Å². The summed E-state index contributed by atoms with van der Waals surface area (Å²) < 4.78 is 52.9. The summed E-state index contributed by atoms with van der Waals surface area (Å²) in [5.74, 6) is -4.55. The van der Waals surface area contributed by atoms with Crippen molar-refractivity contribution in [1.29, 1.82) is 5.26 Å². The summed E-state index contributed by atoms with van der Waals surface area (Å²) in [6, 6.07) is 3.33. The number of carbonyl (C=O) groups excluding carboxylic acids is 1. The lowest BCUT2D eigenvalue weighted by atomic mass is 10.1. The van der Waals surface area contributed by atoms with E-state index < -0.39 is 28.8 Å². The van der Waals surface area contributed by atoms with Crippen molar-refractivity contribution in [1.82, 2.24) is 14.7 Å². The van der Waals surface area contributed by atoms with Crippen molar-refractivity contribution in [2.45, 2.75) is 51.9 Å². The van der Waals surface area contributed by atoms with Crippen molar-refractivity contribution in [3.8, 4) is 11.8 Å². The summed E-state index contributed by atoms with van der Waals surface area (Å²) >= 11 is 0. The van der Waals surface area contributed by atoms with Crippen LogP contribution < -0.4 is 4.74 Å². The first-order valence-corrected chi connectivity index (χ1v) is 9.81. The minimum atomic E-state index is -1.43. The van der Waals surface area contributed by atoms with Gasteiger partial charge in [0.1, 0.15) is 24.0 Å². The van der Waals surface area contributed by atoms with Gasteiger partial charge in [0, 0.05) is 18.7 Å². The number of carbonyl (C=O) groups is 1. The maximum Gasteiger partial charge on any atom is 0.410 e. The summed E-state index contributed by atoms with van der Waals surface area (Å²) in [7, 11) is 0. The van der Waals surface area contributed by atoms with Crippen LogP contribution >= 0.6 is 0 Å². The second-order valence-corrected chi connectivity index (χ2v) is 8.23. The Morgan fingerprint density at radius 3 is 2.48 bits per heavy atom. The highest BCUT2D eigenvalue weighted by Crippen LogP contribution is 2.28. The molecule has 3 rings (SSSR count). The number of amides is 1. The first-order valence-electron chi connectivity index (χ1n) is 9.81. The SMILES string of the molecule is CC(C)(C)OC(=O)N1CCC(n2ncc(COc3c(F)ccc(F)c3F)c2C#N)CC1. The molecule has 0 atom stereocenters. The molecule has 1 aliphatic rings. The number of benzene rings is 1. The number of piperidine rings is 1. The molecule has 2 aromatic rings. The molecule has 1 aromatic heterocycles. The average Bonchev–Trinajstić information content (AvgIpc) is 3.12. The standard InChI is InChI=1S/C21H23F3N4O3/c1-21(2,3)31-20(29)27-8-6-14(7-9-27)28-17(10-25)13(11-26-28)12-30-19-16(23)5-4-15(22)18(19)24/h4-5,11,14H,6-9,12H2,1-3H3. The highest BCUT2D eigenvalue weighted by Gasteiger charge is 2.29. The molecule has 166 valence electrons. The molecule has 0 radical (unpaired) electrons. The monoisotopic (exact) mass is 436 g/mol. The Balaban J connectivity index is 1.67. The van der Waals surface area contributed by atoms with Gasteiger partial charge in [-0.15, -0.1) is 0 Å². The lowest BCUT2D eigenvalue weighted by Gasteiger charge is -2.33. The van der Waals surface area contributed by atoms with Crippen LogP contribution in [0.3, 0.4) is 0 Å². The van der Waals surface area contributed by atoms with Crippen LogP contribution in [0.25, 0.3) is 0 Å². The van der Waals surface area contributed by atoms with Crippen molar-refractivity contribution in [3.05, 3.63) is 47.0 Å². The van der Waals surface area contributed by atoms with Crippen molar-refractivity contribution >= 4 is 6.09 Å². The highest BCUT2D eigenvalue weighted by molar-refractivity contribution is 5.68. The molecule has 1 aliphatic heterocycles. The van der Waals surface area contributed by atoms with Gasteiger partial charge in [0.15, 0.2) is 17.4 Å². The lowest BCUT2D eigenvalue weighted by molar-refractivity contribution is 0.0184. The Bertz CT molecular complexity index is 1000. The van der Waals surface area contributed by atoms with E-state index in [9.17, 15) is 23.2 Å². The molecule has 0 saturated carbocycles. The largest absolute Gasteiger partial charge is 0.483 e. The zero-order valence-corrected chi connectivity index (χ0v) is 17.5. The van der Waals surface area contributed by atoms with E-state index in [1.165, 1.54) is 10.9 Å². The number of rotatable bonds is 4. The molecule has 0 unspecified atom stereocenters. The Kier molecular flexibility index (Phi) is 6.43. The number of nitrogens with zero attached hydrogens (tertiary/aromatic N) is 4. The van der Waals surface area contributed by atoms with Crippen LogP contribution in [0.4, 0.5) is 18.0 Å². The summed E-state index contributed by atoms with van der Waals surface area (Å²) in [6.07, 6.45) is 2.11. The molecule has 2 heterocycles. The third-order valence-electron chi connectivity index (χ3n) is 4.81. The molecule has 0 bridgehead atoms. The molecule has 10 heteroatoms. The zero-order valence-electron chi connectivity index (χ0n) is 17.5. The smallest absolute Gasteiger partial charge is 0.410 e. The van der Waals surface area contributed by atoms with Crippen LogP contribution in [-0.4, -0.2) is 39.5 Å². The van der Waals surface area contributed by atoms with Crippen LogP contribution in [0.1, 0.15) is 50.9 Å². The molecule has 0 spiro atoms. The van der Waals surface area contributed by atoms with Gasteiger partial charge in [-0.2, -0.15) is 14.8 Å². The summed E-state index contributed by atoms with van der Waals surface area (Å²) in [5.41, 5.74) is -0.0764. The van der Waals surface area contributed by atoms with Crippen molar-refractivity contribution < 1.29 is 27.4 Å². The van der Waals surface area contributed by atoms with Crippen LogP contribution in [0.5, 0.6) is 5.75 Å². The number of ether oxygens (including phenoxy) is 2. The van der Waals surface area contributed by atoms with Gasteiger partial charge in [0.25, 0.3) is 0 Å². The van der Waals surface area contributed by atoms with Gasteiger partial charge in [-0.1, -0.05) is 0 Å². The van der Waals surface area contributed by atoms with E-state index in [2.05, 4.69) is 5.10 Å². The van der Waals surface area contributed by atoms with Crippen molar-refractivity contribution in [2.24, 2.45) is 0 Å². The molecular formula is C21H23F3N4O3. The first kappa shape index (κ1) is 22.5. The Hall–Kier alpha value is -3.22. The molecule has 7 nitrogen and oxygen atoms in total. The van der Waals surface area contributed by atoms with Crippen LogP contribution in [0.15, 0.2) is 18.3 Å². The number of nitriles is 1. The molecule has 1 aromatic carbocycles. The van der Waals surface area contributed by atoms with E-state index in [1.54, 1.807) is 25.7 Å². The number of halogens is 3. The molecule has 0 aliphatic carbocycles. The molecule has 1 amide bonds. The van der Waals surface area contributed by atoms with Crippen molar-refractivity contribution in [2.75, 3.05) is 13.1 Å². The first-order chi connectivity index (χ1) is 14.6. The third kappa shape index (κ3) is 5.10. The fourth-order valence-electron chi connectivity index (χ4n) is 3.31. The second kappa shape index (κ2) is 8.88. The van der Waals surface area contributed by atoms with Gasteiger partial charge in [0.05, 0.1) is 12.2 Å². The molecule has 1 fully saturated rings. The number of hydrogen-bond acceptors (Lipinski definition) is 5. The molecular weight excluding hydrogens is 413 g/mol. The van der Waals surface area contributed by atoms with E-state index in [-0.39, 0.29) is 24.4 Å². The normalized spacial score (nSPS) is 14.9. The van der Waals surface area contributed by atoms with E-state index in [1.807, 2.05) is 6.07 Å². The average molecular weight is 436 g/mol. The second-order valence-electron chi connectivity index (χ2n) is 8.23. The fourth-order valence-corrected chi connectivity index (χ4v) is 3.31. The number of hydrogen-bond donors (Lipinski definition) is 0. The van der Waals surface area contributed by atoms with Gasteiger partial charge < -0.3 is 14.4 Å². The zero-order chi connectivity index (χ0) is 22.8. The quantitative estimate of drug-likeness (QED) is 0.667. The molecule has 31 heavy (non-hydrogen) atoms. The number of aromatic nitrogens is 2. The van der Waals surface area contributed by atoms with Gasteiger partial charge in [0.2, 0.25) is 5.82 Å². The molecule has 0 N–H and O–H groups in total. The molecule has 1 saturated heterocycles. The van der Waals surface area contributed by atoms with Crippen LogP contribution in [0.2, 0.25) is 0 Å². The topological polar surface area (TPSA) is 80.4 Å². The van der Waals surface area contributed by atoms with E-state index in [0.29, 0.717) is 37.6 Å². The highest BCUT2D eigenvalue weighted by atomic mass is 19.2.